The first-order chi connectivity index (χ1) is 17.6. The van der Waals surface area contributed by atoms with E-state index in [-0.39, 0.29) is 17.2 Å². The maximum Gasteiger partial charge on any atom is 0.241 e. The summed E-state index contributed by atoms with van der Waals surface area (Å²) in [5, 5.41) is 5.41. The average molecular weight is 519 g/mol. The summed E-state index contributed by atoms with van der Waals surface area (Å²) in [6.45, 7) is 4.56. The van der Waals surface area contributed by atoms with Gasteiger partial charge in [0.1, 0.15) is 13.2 Å². The van der Waals surface area contributed by atoms with E-state index >= 15 is 0 Å². The Morgan fingerprint density at radius 1 is 1.14 bits per heavy atom. The van der Waals surface area contributed by atoms with E-state index in [9.17, 15) is 4.79 Å². The lowest BCUT2D eigenvalue weighted by Crippen LogP contribution is -2.39. The molecular weight excluding hydrogens is 492 g/mol. The molecule has 2 atom stereocenters. The summed E-state index contributed by atoms with van der Waals surface area (Å²) in [5.74, 6) is 1.55. The number of nitrogens with one attached hydrogen (secondary N) is 1. The second-order valence-corrected chi connectivity index (χ2v) is 11.5. The Hall–Kier alpha value is -3.14. The Morgan fingerprint density at radius 2 is 2.03 bits per heavy atom. The van der Waals surface area contributed by atoms with E-state index in [1.54, 1.807) is 23.1 Å². The van der Waals surface area contributed by atoms with E-state index in [0.717, 1.165) is 56.0 Å². The highest BCUT2D eigenvalue weighted by atomic mass is 32.2. The van der Waals surface area contributed by atoms with Crippen LogP contribution in [-0.4, -0.2) is 51.8 Å². The Morgan fingerprint density at radius 3 is 2.89 bits per heavy atom. The third-order valence-corrected chi connectivity index (χ3v) is 8.46. The number of aryl methyl sites for hydroxylation is 1. The van der Waals surface area contributed by atoms with Crippen molar-refractivity contribution >= 4 is 44.9 Å². The van der Waals surface area contributed by atoms with Crippen LogP contribution in [-0.2, 0) is 11.3 Å². The molecule has 0 saturated carbocycles. The van der Waals surface area contributed by atoms with Crippen LogP contribution in [0.3, 0.4) is 0 Å². The highest BCUT2D eigenvalue weighted by Crippen LogP contribution is 2.36. The van der Waals surface area contributed by atoms with Crippen LogP contribution in [0.25, 0.3) is 10.2 Å². The van der Waals surface area contributed by atoms with Gasteiger partial charge in [0.15, 0.2) is 11.5 Å². The number of fused-ring (bicyclic) bond motifs is 2. The first-order valence-electron chi connectivity index (χ1n) is 12.0. The van der Waals surface area contributed by atoms with Gasteiger partial charge in [0.05, 0.1) is 26.3 Å². The second-order valence-electron chi connectivity index (χ2n) is 8.97. The normalized spacial score (nSPS) is 19.5. The number of anilines is 1. The van der Waals surface area contributed by atoms with Crippen LogP contribution < -0.4 is 14.8 Å². The molecule has 184 valence electrons. The summed E-state index contributed by atoms with van der Waals surface area (Å²) in [4.78, 5) is 24.8. The highest BCUT2D eigenvalue weighted by molar-refractivity contribution is 7.99. The molecule has 2 aliphatic heterocycles. The van der Waals surface area contributed by atoms with Crippen molar-refractivity contribution in [3.05, 3.63) is 71.4 Å². The molecule has 1 N–H and O–H groups in total. The van der Waals surface area contributed by atoms with Crippen LogP contribution in [0.1, 0.15) is 17.0 Å². The maximum absolute atomic E-state index is 13.5. The zero-order valence-corrected chi connectivity index (χ0v) is 21.5. The first kappa shape index (κ1) is 23.3. The molecule has 0 aliphatic carbocycles. The van der Waals surface area contributed by atoms with Gasteiger partial charge in [-0.3, -0.25) is 9.69 Å². The van der Waals surface area contributed by atoms with E-state index in [1.807, 2.05) is 61.7 Å². The zero-order valence-electron chi connectivity index (χ0n) is 19.8. The third-order valence-electron chi connectivity index (χ3n) is 6.35. The number of hydrogen-bond acceptors (Lipinski definition) is 8. The number of rotatable bonds is 6. The van der Waals surface area contributed by atoms with Crippen molar-refractivity contribution in [2.75, 3.05) is 25.1 Å². The van der Waals surface area contributed by atoms with Crippen molar-refractivity contribution in [2.24, 2.45) is 0 Å². The summed E-state index contributed by atoms with van der Waals surface area (Å²) >= 11 is 3.39. The number of amides is 1. The average Bonchev–Trinajstić information content (AvgIpc) is 3.46. The van der Waals surface area contributed by atoms with Gasteiger partial charge < -0.3 is 14.8 Å². The molecule has 7 nitrogen and oxygen atoms in total. The first-order valence-corrected chi connectivity index (χ1v) is 13.7. The highest BCUT2D eigenvalue weighted by Gasteiger charge is 2.37. The van der Waals surface area contributed by atoms with Crippen molar-refractivity contribution in [3.63, 3.8) is 0 Å². The van der Waals surface area contributed by atoms with Crippen molar-refractivity contribution in [1.82, 2.24) is 14.9 Å². The number of pyridine rings is 1. The number of carbonyl (C=O) groups is 1. The van der Waals surface area contributed by atoms with Crippen LogP contribution in [0.15, 0.2) is 65.8 Å². The predicted molar refractivity (Wildman–Crippen MR) is 143 cm³/mol. The number of likely N-dealkylation sites (tertiary alicyclic amines) is 1. The maximum atomic E-state index is 13.5. The van der Waals surface area contributed by atoms with E-state index in [4.69, 9.17) is 9.47 Å². The number of carbonyl (C=O) groups excluding carboxylic acids is 1. The monoisotopic (exact) mass is 518 g/mol. The Bertz CT molecular complexity index is 1390. The fourth-order valence-electron chi connectivity index (χ4n) is 4.75. The van der Waals surface area contributed by atoms with Crippen molar-refractivity contribution in [2.45, 2.75) is 36.2 Å². The third kappa shape index (κ3) is 5.04. The molecule has 0 spiro atoms. The molecule has 0 unspecified atom stereocenters. The quantitative estimate of drug-likeness (QED) is 0.379. The lowest BCUT2D eigenvalue weighted by Gasteiger charge is -2.25. The van der Waals surface area contributed by atoms with Crippen LogP contribution in [0.2, 0.25) is 0 Å². The van der Waals surface area contributed by atoms with E-state index < -0.39 is 0 Å². The van der Waals surface area contributed by atoms with Crippen molar-refractivity contribution in [3.8, 4) is 11.5 Å². The van der Waals surface area contributed by atoms with Gasteiger partial charge in [-0.2, -0.15) is 0 Å². The van der Waals surface area contributed by atoms with E-state index in [2.05, 4.69) is 26.3 Å². The molecule has 2 aromatic carbocycles. The molecule has 1 fully saturated rings. The molecule has 1 saturated heterocycles. The molecule has 9 heteroatoms. The molecule has 1 amide bonds. The number of thioether (sulfide) groups is 1. The molecule has 6 rings (SSSR count). The molecule has 2 aromatic heterocycles. The second kappa shape index (κ2) is 10.1. The van der Waals surface area contributed by atoms with Gasteiger partial charge in [-0.05, 0) is 61.4 Å². The van der Waals surface area contributed by atoms with Crippen LogP contribution in [0, 0.1) is 6.92 Å². The van der Waals surface area contributed by atoms with Gasteiger partial charge in [-0.25, -0.2) is 9.97 Å². The number of ether oxygens (including phenoxy) is 2. The lowest BCUT2D eigenvalue weighted by molar-refractivity contribution is -0.120. The lowest BCUT2D eigenvalue weighted by atomic mass is 10.1. The van der Waals surface area contributed by atoms with Gasteiger partial charge in [0, 0.05) is 30.2 Å². The topological polar surface area (TPSA) is 76.6 Å². The standard InChI is InChI=1S/C27H26N4O3S2/c1-17-29-21-13-19(6-8-25(21)35-17)30-27(32)22-14-20(36-26-4-2-3-9-28-26)16-31(22)15-18-5-7-23-24(12-18)34-11-10-33-23/h2-9,12-13,20,22H,10-11,14-16H2,1H3,(H,30,32)/t20-,22+/m1/s1. The summed E-state index contributed by atoms with van der Waals surface area (Å²) in [6, 6.07) is 17.7. The molecule has 4 aromatic rings. The Labute approximate surface area is 217 Å². The van der Waals surface area contributed by atoms with E-state index in [0.29, 0.717) is 19.8 Å². The Balaban J connectivity index is 1.22. The number of nitrogens with zero attached hydrogens (tertiary/aromatic N) is 3. The van der Waals surface area contributed by atoms with Crippen LogP contribution >= 0.6 is 23.1 Å². The summed E-state index contributed by atoms with van der Waals surface area (Å²) in [7, 11) is 0. The molecular formula is C27H26N4O3S2. The molecule has 36 heavy (non-hydrogen) atoms. The van der Waals surface area contributed by atoms with Crippen LogP contribution in [0.5, 0.6) is 11.5 Å². The SMILES string of the molecule is Cc1nc2cc(NC(=O)[C@@H]3C[C@@H](Sc4ccccn4)CN3Cc3ccc4c(c3)OCCO4)ccc2s1. The molecule has 4 heterocycles. The molecule has 0 bridgehead atoms. The number of thiazole rings is 1. The fourth-order valence-corrected chi connectivity index (χ4v) is 6.72. The molecule has 0 radical (unpaired) electrons. The number of hydrogen-bond donors (Lipinski definition) is 1. The largest absolute Gasteiger partial charge is 0.486 e. The van der Waals surface area contributed by atoms with Gasteiger partial charge in [-0.15, -0.1) is 23.1 Å². The van der Waals surface area contributed by atoms with Gasteiger partial charge in [0.2, 0.25) is 5.91 Å². The minimum absolute atomic E-state index is 0.00275. The number of aromatic nitrogens is 2. The van der Waals surface area contributed by atoms with Crippen LogP contribution in [0.4, 0.5) is 5.69 Å². The van der Waals surface area contributed by atoms with Gasteiger partial charge in [-0.1, -0.05) is 12.1 Å². The minimum Gasteiger partial charge on any atom is -0.486 e. The minimum atomic E-state index is -0.257. The fraction of sp³-hybridized carbons (Fsp3) is 0.296. The van der Waals surface area contributed by atoms with E-state index in [1.165, 1.54) is 0 Å². The summed E-state index contributed by atoms with van der Waals surface area (Å²) in [6.07, 6.45) is 2.56. The summed E-state index contributed by atoms with van der Waals surface area (Å²) < 4.78 is 12.6. The van der Waals surface area contributed by atoms with Gasteiger partial charge in [0.25, 0.3) is 0 Å². The van der Waals surface area contributed by atoms with Gasteiger partial charge >= 0.3 is 0 Å². The smallest absolute Gasteiger partial charge is 0.241 e. The van der Waals surface area contributed by atoms with Crippen molar-refractivity contribution < 1.29 is 14.3 Å². The number of benzene rings is 2. The van der Waals surface area contributed by atoms with Crippen molar-refractivity contribution in [1.29, 1.82) is 0 Å². The molecule has 2 aliphatic rings. The zero-order chi connectivity index (χ0) is 24.5. The Kier molecular flexibility index (Phi) is 6.52. The predicted octanol–water partition coefficient (Wildman–Crippen LogP) is 5.14. The summed E-state index contributed by atoms with van der Waals surface area (Å²) in [5.41, 5.74) is 2.79.